The Kier molecular flexibility index (Phi) is 11.9. The van der Waals surface area contributed by atoms with E-state index in [1.54, 1.807) is 50.2 Å². The van der Waals surface area contributed by atoms with Crippen LogP contribution in [0.2, 0.25) is 0 Å². The van der Waals surface area contributed by atoms with E-state index < -0.39 is 23.9 Å². The van der Waals surface area contributed by atoms with Crippen molar-refractivity contribution in [3.63, 3.8) is 0 Å². The molecule has 3 rings (SSSR count). The van der Waals surface area contributed by atoms with Gasteiger partial charge in [-0.25, -0.2) is 15.0 Å². The monoisotopic (exact) mass is 792 g/mol. The van der Waals surface area contributed by atoms with Crippen molar-refractivity contribution in [2.24, 2.45) is 5.10 Å². The average molecular weight is 792 g/mol. The van der Waals surface area contributed by atoms with E-state index in [1.807, 2.05) is 0 Å². The number of hydrogen-bond donors (Lipinski definition) is 3. The van der Waals surface area contributed by atoms with Gasteiger partial charge in [0.05, 0.1) is 38.7 Å². The molecular formula is C26H26I2N4O7S. The molecule has 0 fully saturated rings. The zero-order valence-corrected chi connectivity index (χ0v) is 26.8. The first-order valence-electron chi connectivity index (χ1n) is 11.8. The minimum atomic E-state index is -0.630. The number of nitrogens with one attached hydrogen (secondary N) is 3. The number of para-hydroxylation sites is 1. The number of amides is 1. The molecule has 0 radical (unpaired) electrons. The second-order valence-electron chi connectivity index (χ2n) is 8.09. The summed E-state index contributed by atoms with van der Waals surface area (Å²) in [7, 11) is 1.29. The molecule has 0 bridgehead atoms. The largest absolute Gasteiger partial charge is 0.483 e. The molecule has 0 saturated heterocycles. The molecule has 40 heavy (non-hydrogen) atoms. The molecule has 1 heterocycles. The van der Waals surface area contributed by atoms with Gasteiger partial charge in [-0.1, -0.05) is 18.2 Å². The number of allylic oxidation sites excluding steroid dienone is 1. The van der Waals surface area contributed by atoms with E-state index in [1.165, 1.54) is 13.3 Å². The Morgan fingerprint density at radius 1 is 1.12 bits per heavy atom. The molecule has 1 atom stereocenters. The summed E-state index contributed by atoms with van der Waals surface area (Å²) in [6, 6.07) is 10.0. The van der Waals surface area contributed by atoms with Gasteiger partial charge in [-0.15, -0.1) is 0 Å². The number of nitrogens with zero attached hydrogens (tertiary/aromatic N) is 1. The van der Waals surface area contributed by atoms with Gasteiger partial charge < -0.3 is 29.6 Å². The second kappa shape index (κ2) is 15.1. The van der Waals surface area contributed by atoms with E-state index in [0.717, 1.165) is 7.14 Å². The maximum absolute atomic E-state index is 12.7. The number of esters is 2. The summed E-state index contributed by atoms with van der Waals surface area (Å²) in [5.41, 5.74) is 4.71. The average Bonchev–Trinajstić information content (AvgIpc) is 2.91. The highest BCUT2D eigenvalue weighted by molar-refractivity contribution is 14.1. The molecule has 212 valence electrons. The summed E-state index contributed by atoms with van der Waals surface area (Å²) in [6.07, 6.45) is 1.49. The number of benzene rings is 2. The van der Waals surface area contributed by atoms with Crippen LogP contribution in [-0.4, -0.2) is 56.1 Å². The fourth-order valence-electron chi connectivity index (χ4n) is 3.59. The van der Waals surface area contributed by atoms with Crippen LogP contribution >= 0.6 is 57.4 Å². The Labute approximate surface area is 263 Å². The Hall–Kier alpha value is -2.99. The van der Waals surface area contributed by atoms with Gasteiger partial charge in [0.25, 0.3) is 5.91 Å². The number of carbonyl (C=O) groups excluding carboxylic acids is 3. The van der Waals surface area contributed by atoms with Crippen LogP contribution in [-0.2, 0) is 23.9 Å². The third-order valence-electron chi connectivity index (χ3n) is 5.34. The molecule has 1 amide bonds. The summed E-state index contributed by atoms with van der Waals surface area (Å²) in [6.45, 7) is 3.17. The van der Waals surface area contributed by atoms with Gasteiger partial charge in [0.15, 0.2) is 18.3 Å². The minimum Gasteiger partial charge on any atom is -0.483 e. The summed E-state index contributed by atoms with van der Waals surface area (Å²) < 4.78 is 22.7. The highest BCUT2D eigenvalue weighted by Crippen LogP contribution is 2.33. The van der Waals surface area contributed by atoms with Gasteiger partial charge in [0.1, 0.15) is 11.5 Å². The molecule has 2 aromatic carbocycles. The van der Waals surface area contributed by atoms with Crippen LogP contribution in [0.4, 0.5) is 0 Å². The smallest absolute Gasteiger partial charge is 0.343 e. The molecule has 14 heteroatoms. The molecule has 3 N–H and O–H groups in total. The van der Waals surface area contributed by atoms with Crippen LogP contribution in [0.3, 0.4) is 0 Å². The van der Waals surface area contributed by atoms with Gasteiger partial charge in [-0.2, -0.15) is 5.10 Å². The quantitative estimate of drug-likeness (QED) is 0.102. The van der Waals surface area contributed by atoms with E-state index in [0.29, 0.717) is 39.0 Å². The van der Waals surface area contributed by atoms with Crippen molar-refractivity contribution in [2.45, 2.75) is 19.9 Å². The van der Waals surface area contributed by atoms with Gasteiger partial charge in [0, 0.05) is 11.3 Å². The predicted octanol–water partition coefficient (Wildman–Crippen LogP) is 3.33. The highest BCUT2D eigenvalue weighted by atomic mass is 127. The molecule has 1 aliphatic heterocycles. The number of carbonyl (C=O) groups is 3. The van der Waals surface area contributed by atoms with Crippen molar-refractivity contribution in [2.75, 3.05) is 26.9 Å². The first-order valence-corrected chi connectivity index (χ1v) is 14.4. The molecule has 11 nitrogen and oxygen atoms in total. The lowest BCUT2D eigenvalue weighted by atomic mass is 9.95. The third kappa shape index (κ3) is 8.50. The molecular weight excluding hydrogens is 766 g/mol. The number of hydrazone groups is 1. The Morgan fingerprint density at radius 3 is 2.50 bits per heavy atom. The summed E-state index contributed by atoms with van der Waals surface area (Å²) in [5.74, 6) is -0.502. The molecule has 0 unspecified atom stereocenters. The van der Waals surface area contributed by atoms with Crippen molar-refractivity contribution in [1.82, 2.24) is 16.1 Å². The number of ether oxygens (including phenoxy) is 4. The Morgan fingerprint density at radius 2 is 1.82 bits per heavy atom. The predicted molar refractivity (Wildman–Crippen MR) is 168 cm³/mol. The minimum absolute atomic E-state index is 0.199. The zero-order valence-electron chi connectivity index (χ0n) is 21.7. The first kappa shape index (κ1) is 31.5. The third-order valence-corrected chi connectivity index (χ3v) is 7.16. The van der Waals surface area contributed by atoms with Crippen LogP contribution in [0.5, 0.6) is 11.5 Å². The zero-order chi connectivity index (χ0) is 29.2. The molecule has 0 spiro atoms. The van der Waals surface area contributed by atoms with E-state index >= 15 is 0 Å². The second-order valence-corrected chi connectivity index (χ2v) is 10.8. The highest BCUT2D eigenvalue weighted by Gasteiger charge is 2.32. The van der Waals surface area contributed by atoms with Crippen molar-refractivity contribution in [1.29, 1.82) is 0 Å². The van der Waals surface area contributed by atoms with Crippen LogP contribution < -0.4 is 25.5 Å². The van der Waals surface area contributed by atoms with Crippen molar-refractivity contribution < 1.29 is 33.3 Å². The summed E-state index contributed by atoms with van der Waals surface area (Å²) in [5, 5.41) is 10.4. The van der Waals surface area contributed by atoms with Crippen molar-refractivity contribution in [3.8, 4) is 11.5 Å². The molecule has 1 aliphatic rings. The standard InChI is InChI=1S/C26H26I2N4O7S/c1-4-37-25(35)22-14(2)30-26(40)31-23(22)16-7-5-6-8-19(16)38-12-20(33)32-29-11-15-9-17(27)24(18(28)10-15)39-13-21(34)36-3/h5-11,23H,4,12-13H2,1-3H3,(H,32,33)(H2,30,31,40)/t23-/m0/s1. The fraction of sp³-hybridized carbons (Fsp3) is 0.269. The molecule has 2 aromatic rings. The van der Waals surface area contributed by atoms with Gasteiger partial charge in [0.2, 0.25) is 0 Å². The number of hydrogen-bond acceptors (Lipinski definition) is 9. The Balaban J connectivity index is 1.66. The maximum Gasteiger partial charge on any atom is 0.343 e. The summed E-state index contributed by atoms with van der Waals surface area (Å²) >= 11 is 9.48. The molecule has 0 aliphatic carbocycles. The Bertz CT molecular complexity index is 1340. The number of rotatable bonds is 11. The van der Waals surface area contributed by atoms with Gasteiger partial charge >= 0.3 is 11.9 Å². The topological polar surface area (TPSA) is 137 Å². The SMILES string of the molecule is CCOC(=O)C1=C(C)NC(=S)N[C@H]1c1ccccc1OCC(=O)NN=Cc1cc(I)c(OCC(=O)OC)c(I)c1. The van der Waals surface area contributed by atoms with Crippen LogP contribution in [0.15, 0.2) is 52.8 Å². The van der Waals surface area contributed by atoms with Crippen molar-refractivity contribution in [3.05, 3.63) is 65.9 Å². The normalized spacial score (nSPS) is 14.7. The molecule has 0 aromatic heterocycles. The van der Waals surface area contributed by atoms with E-state index in [-0.39, 0.29) is 19.8 Å². The first-order chi connectivity index (χ1) is 19.1. The maximum atomic E-state index is 12.7. The lowest BCUT2D eigenvalue weighted by Gasteiger charge is -2.30. The number of thiocarbonyl (C=S) groups is 1. The van der Waals surface area contributed by atoms with Crippen LogP contribution in [0.25, 0.3) is 0 Å². The number of methoxy groups -OCH3 is 1. The van der Waals surface area contributed by atoms with E-state index in [2.05, 4.69) is 71.1 Å². The van der Waals surface area contributed by atoms with Crippen LogP contribution in [0.1, 0.15) is 31.0 Å². The van der Waals surface area contributed by atoms with Crippen molar-refractivity contribution >= 4 is 86.6 Å². The van der Waals surface area contributed by atoms with E-state index in [4.69, 9.17) is 26.4 Å². The van der Waals surface area contributed by atoms with Crippen LogP contribution in [0, 0.1) is 7.14 Å². The molecule has 0 saturated carbocycles. The number of halogens is 2. The van der Waals surface area contributed by atoms with Gasteiger partial charge in [-0.3, -0.25) is 4.79 Å². The summed E-state index contributed by atoms with van der Waals surface area (Å²) in [4.78, 5) is 36.5. The fourth-order valence-corrected chi connectivity index (χ4v) is 5.99. The lowest BCUT2D eigenvalue weighted by Crippen LogP contribution is -2.45. The van der Waals surface area contributed by atoms with Gasteiger partial charge in [-0.05, 0) is 95.0 Å². The lowest BCUT2D eigenvalue weighted by molar-refractivity contribution is -0.143. The van der Waals surface area contributed by atoms with E-state index in [9.17, 15) is 14.4 Å².